The molecule has 4 heteroatoms. The van der Waals surface area contributed by atoms with Gasteiger partial charge >= 0.3 is 0 Å². The zero-order chi connectivity index (χ0) is 15.2. The van der Waals surface area contributed by atoms with Crippen molar-refractivity contribution in [2.24, 2.45) is 0 Å². The number of hydrogen-bond donors (Lipinski definition) is 1. The molecule has 2 nitrogen and oxygen atoms in total. The van der Waals surface area contributed by atoms with E-state index in [0.29, 0.717) is 0 Å². The molecular formula is C17H20BrClN2. The summed E-state index contributed by atoms with van der Waals surface area (Å²) in [4.78, 5) is 2.23. The predicted octanol–water partition coefficient (Wildman–Crippen LogP) is 4.85. The van der Waals surface area contributed by atoms with Gasteiger partial charge in [0.1, 0.15) is 0 Å². The van der Waals surface area contributed by atoms with Crippen molar-refractivity contribution in [3.05, 3.63) is 63.1 Å². The van der Waals surface area contributed by atoms with Gasteiger partial charge in [-0.3, -0.25) is 0 Å². The minimum atomic E-state index is 0.768. The minimum absolute atomic E-state index is 0.768. The van der Waals surface area contributed by atoms with Crippen LogP contribution in [0.15, 0.2) is 46.9 Å². The molecular weight excluding hydrogens is 348 g/mol. The van der Waals surface area contributed by atoms with Gasteiger partial charge in [0.2, 0.25) is 0 Å². The molecule has 0 fully saturated rings. The number of benzene rings is 2. The van der Waals surface area contributed by atoms with E-state index in [4.69, 9.17) is 11.6 Å². The third-order valence-electron chi connectivity index (χ3n) is 3.39. The van der Waals surface area contributed by atoms with Gasteiger partial charge in [-0.25, -0.2) is 0 Å². The fraction of sp³-hybridized carbons (Fsp3) is 0.294. The van der Waals surface area contributed by atoms with Crippen molar-refractivity contribution in [1.29, 1.82) is 0 Å². The van der Waals surface area contributed by atoms with Crippen LogP contribution in [0.1, 0.15) is 18.1 Å². The van der Waals surface area contributed by atoms with Crippen LogP contribution in [-0.4, -0.2) is 13.6 Å². The van der Waals surface area contributed by atoms with E-state index in [-0.39, 0.29) is 0 Å². The summed E-state index contributed by atoms with van der Waals surface area (Å²) in [6.45, 7) is 4.75. The summed E-state index contributed by atoms with van der Waals surface area (Å²) in [5.41, 5.74) is 3.68. The second-order valence-electron chi connectivity index (χ2n) is 5.00. The maximum Gasteiger partial charge on any atom is 0.0437 e. The summed E-state index contributed by atoms with van der Waals surface area (Å²) in [5, 5.41) is 4.14. The number of anilines is 1. The molecule has 0 aliphatic heterocycles. The first-order chi connectivity index (χ1) is 10.1. The van der Waals surface area contributed by atoms with E-state index in [1.165, 1.54) is 16.8 Å². The number of nitrogens with one attached hydrogen (secondary N) is 1. The smallest absolute Gasteiger partial charge is 0.0437 e. The Morgan fingerprint density at radius 2 is 1.90 bits per heavy atom. The molecule has 0 spiro atoms. The van der Waals surface area contributed by atoms with Gasteiger partial charge in [0, 0.05) is 35.3 Å². The predicted molar refractivity (Wildman–Crippen MR) is 95.1 cm³/mol. The van der Waals surface area contributed by atoms with E-state index in [2.05, 4.69) is 64.4 Å². The zero-order valence-corrected chi connectivity index (χ0v) is 14.7. The van der Waals surface area contributed by atoms with Crippen LogP contribution in [0.5, 0.6) is 0 Å². The van der Waals surface area contributed by atoms with Gasteiger partial charge in [0.25, 0.3) is 0 Å². The number of hydrogen-bond acceptors (Lipinski definition) is 2. The lowest BCUT2D eigenvalue weighted by molar-refractivity contribution is 0.723. The van der Waals surface area contributed by atoms with Crippen LogP contribution < -0.4 is 10.2 Å². The zero-order valence-electron chi connectivity index (χ0n) is 12.4. The third kappa shape index (κ3) is 4.47. The summed E-state index contributed by atoms with van der Waals surface area (Å²) in [6.07, 6.45) is 0. The molecule has 0 aliphatic carbocycles. The normalized spacial score (nSPS) is 10.7. The van der Waals surface area contributed by atoms with Crippen LogP contribution in [-0.2, 0) is 13.1 Å². The molecule has 112 valence electrons. The highest BCUT2D eigenvalue weighted by molar-refractivity contribution is 9.10. The summed E-state index contributed by atoms with van der Waals surface area (Å²) in [7, 11) is 2.10. The van der Waals surface area contributed by atoms with E-state index < -0.39 is 0 Å². The Bertz CT molecular complexity index is 601. The van der Waals surface area contributed by atoms with E-state index >= 15 is 0 Å². The number of nitrogens with zero attached hydrogens (tertiary/aromatic N) is 1. The van der Waals surface area contributed by atoms with Gasteiger partial charge < -0.3 is 10.2 Å². The Labute approximate surface area is 140 Å². The lowest BCUT2D eigenvalue weighted by Crippen LogP contribution is -2.21. The molecule has 0 bridgehead atoms. The fourth-order valence-corrected chi connectivity index (χ4v) is 2.85. The van der Waals surface area contributed by atoms with Gasteiger partial charge in [0.05, 0.1) is 0 Å². The first-order valence-corrected chi connectivity index (χ1v) is 8.22. The van der Waals surface area contributed by atoms with Crippen molar-refractivity contribution in [1.82, 2.24) is 5.32 Å². The fourth-order valence-electron chi connectivity index (χ4n) is 2.27. The average molecular weight is 368 g/mol. The standard InChI is InChI=1S/C17H20BrClN2/c1-3-20-11-13-8-9-15(19)10-17(13)21(2)12-14-6-4-5-7-16(14)18/h4-10,20H,3,11-12H2,1-2H3. The first kappa shape index (κ1) is 16.3. The van der Waals surface area contributed by atoms with Gasteiger partial charge in [0.15, 0.2) is 0 Å². The highest BCUT2D eigenvalue weighted by Crippen LogP contribution is 2.27. The summed E-state index contributed by atoms with van der Waals surface area (Å²) in [6, 6.07) is 14.4. The van der Waals surface area contributed by atoms with Crippen LogP contribution in [0.25, 0.3) is 0 Å². The van der Waals surface area contributed by atoms with E-state index in [1.807, 2.05) is 18.2 Å². The Morgan fingerprint density at radius 1 is 1.14 bits per heavy atom. The number of halogens is 2. The maximum atomic E-state index is 6.17. The molecule has 0 aromatic heterocycles. The van der Waals surface area contributed by atoms with Crippen LogP contribution in [0.2, 0.25) is 5.02 Å². The first-order valence-electron chi connectivity index (χ1n) is 7.05. The molecule has 0 saturated heterocycles. The second kappa shape index (κ2) is 7.83. The Hall–Kier alpha value is -1.03. The molecule has 2 rings (SSSR count). The van der Waals surface area contributed by atoms with Crippen molar-refractivity contribution in [3.8, 4) is 0 Å². The molecule has 0 radical (unpaired) electrons. The minimum Gasteiger partial charge on any atom is -0.370 e. The van der Waals surface area contributed by atoms with E-state index in [0.717, 1.165) is 29.1 Å². The maximum absolute atomic E-state index is 6.17. The average Bonchev–Trinajstić information content (AvgIpc) is 2.48. The Kier molecular flexibility index (Phi) is 6.09. The second-order valence-corrected chi connectivity index (χ2v) is 6.29. The molecule has 0 unspecified atom stereocenters. The summed E-state index contributed by atoms with van der Waals surface area (Å²) in [5.74, 6) is 0. The molecule has 1 N–H and O–H groups in total. The monoisotopic (exact) mass is 366 g/mol. The topological polar surface area (TPSA) is 15.3 Å². The SMILES string of the molecule is CCNCc1ccc(Cl)cc1N(C)Cc1ccccc1Br. The molecule has 0 amide bonds. The van der Waals surface area contributed by atoms with E-state index in [1.54, 1.807) is 0 Å². The molecule has 0 saturated carbocycles. The number of rotatable bonds is 6. The quantitative estimate of drug-likeness (QED) is 0.785. The molecule has 2 aromatic carbocycles. The lowest BCUT2D eigenvalue weighted by Gasteiger charge is -2.23. The van der Waals surface area contributed by atoms with Gasteiger partial charge in [-0.05, 0) is 35.9 Å². The highest BCUT2D eigenvalue weighted by Gasteiger charge is 2.10. The van der Waals surface area contributed by atoms with Crippen molar-refractivity contribution in [3.63, 3.8) is 0 Å². The lowest BCUT2D eigenvalue weighted by atomic mass is 10.1. The highest BCUT2D eigenvalue weighted by atomic mass is 79.9. The van der Waals surface area contributed by atoms with Crippen molar-refractivity contribution in [2.45, 2.75) is 20.0 Å². The van der Waals surface area contributed by atoms with Gasteiger partial charge in [-0.2, -0.15) is 0 Å². The molecule has 0 aliphatic rings. The Balaban J connectivity index is 2.23. The van der Waals surface area contributed by atoms with Crippen LogP contribution >= 0.6 is 27.5 Å². The third-order valence-corrected chi connectivity index (χ3v) is 4.40. The van der Waals surface area contributed by atoms with Gasteiger partial charge in [-0.15, -0.1) is 0 Å². The largest absolute Gasteiger partial charge is 0.370 e. The van der Waals surface area contributed by atoms with Crippen LogP contribution in [0, 0.1) is 0 Å². The van der Waals surface area contributed by atoms with Crippen molar-refractivity contribution >= 4 is 33.2 Å². The van der Waals surface area contributed by atoms with Gasteiger partial charge in [-0.1, -0.05) is 58.7 Å². The molecule has 2 aromatic rings. The van der Waals surface area contributed by atoms with Crippen molar-refractivity contribution < 1.29 is 0 Å². The summed E-state index contributed by atoms with van der Waals surface area (Å²) < 4.78 is 1.13. The summed E-state index contributed by atoms with van der Waals surface area (Å²) >= 11 is 9.78. The van der Waals surface area contributed by atoms with E-state index in [9.17, 15) is 0 Å². The molecule has 21 heavy (non-hydrogen) atoms. The van der Waals surface area contributed by atoms with Crippen molar-refractivity contribution in [2.75, 3.05) is 18.5 Å². The van der Waals surface area contributed by atoms with Crippen LogP contribution in [0.4, 0.5) is 5.69 Å². The molecule has 0 heterocycles. The Morgan fingerprint density at radius 3 is 2.62 bits per heavy atom. The molecule has 0 atom stereocenters. The van der Waals surface area contributed by atoms with Crippen LogP contribution in [0.3, 0.4) is 0 Å².